The first-order chi connectivity index (χ1) is 7.04. The largest absolute Gasteiger partial charge is 0.459 e. The van der Waals surface area contributed by atoms with Crippen molar-refractivity contribution in [1.82, 2.24) is 0 Å². The minimum Gasteiger partial charge on any atom is -0.459 e. The Kier molecular flexibility index (Phi) is 6.72. The third-order valence-corrected chi connectivity index (χ3v) is 2.17. The van der Waals surface area contributed by atoms with Crippen molar-refractivity contribution < 1.29 is 14.3 Å². The molecule has 3 heteroatoms. The van der Waals surface area contributed by atoms with E-state index in [0.717, 1.165) is 12.8 Å². The molecule has 86 valence electrons. The topological polar surface area (TPSA) is 43.4 Å². The number of hydrogen-bond donors (Lipinski definition) is 0. The molecule has 0 heterocycles. The Balaban J connectivity index is 4.35. The summed E-state index contributed by atoms with van der Waals surface area (Å²) in [5.41, 5.74) is 0.122. The molecule has 0 spiro atoms. The van der Waals surface area contributed by atoms with Crippen LogP contribution < -0.4 is 0 Å². The molecule has 0 atom stereocenters. The van der Waals surface area contributed by atoms with Gasteiger partial charge in [-0.2, -0.15) is 0 Å². The molecule has 0 saturated heterocycles. The van der Waals surface area contributed by atoms with Crippen LogP contribution in [0.25, 0.3) is 0 Å². The number of esters is 1. The van der Waals surface area contributed by atoms with E-state index in [4.69, 9.17) is 4.74 Å². The highest BCUT2D eigenvalue weighted by molar-refractivity contribution is 5.96. The van der Waals surface area contributed by atoms with E-state index in [-0.39, 0.29) is 17.6 Å². The molecule has 0 aliphatic carbocycles. The Bertz CT molecular complexity index is 246. The van der Waals surface area contributed by atoms with Crippen LogP contribution in [0.5, 0.6) is 0 Å². The number of rotatable bonds is 6. The van der Waals surface area contributed by atoms with Crippen LogP contribution >= 0.6 is 0 Å². The molecule has 0 aromatic heterocycles. The number of ether oxygens (including phenoxy) is 1. The van der Waals surface area contributed by atoms with Gasteiger partial charge < -0.3 is 4.74 Å². The smallest absolute Gasteiger partial charge is 0.345 e. The molecule has 0 rings (SSSR count). The molecule has 0 bridgehead atoms. The first-order valence-corrected chi connectivity index (χ1v) is 5.50. The molecule has 0 radical (unpaired) electrons. The zero-order valence-corrected chi connectivity index (χ0v) is 10.0. The van der Waals surface area contributed by atoms with Crippen molar-refractivity contribution in [2.45, 2.75) is 53.1 Å². The highest BCUT2D eigenvalue weighted by Gasteiger charge is 2.17. The second-order valence-electron chi connectivity index (χ2n) is 4.02. The molecule has 0 unspecified atom stereocenters. The molecule has 3 nitrogen and oxygen atoms in total. The van der Waals surface area contributed by atoms with E-state index in [2.05, 4.69) is 0 Å². The summed E-state index contributed by atoms with van der Waals surface area (Å²) in [7, 11) is 0. The highest BCUT2D eigenvalue weighted by Crippen LogP contribution is 2.12. The summed E-state index contributed by atoms with van der Waals surface area (Å²) < 4.78 is 5.16. The molecule has 0 fully saturated rings. The van der Waals surface area contributed by atoms with Gasteiger partial charge in [0.1, 0.15) is 17.6 Å². The van der Waals surface area contributed by atoms with E-state index >= 15 is 0 Å². The fraction of sp³-hybridized carbons (Fsp3) is 0.750. The highest BCUT2D eigenvalue weighted by atomic mass is 16.5. The Morgan fingerprint density at radius 1 is 1.27 bits per heavy atom. The summed E-state index contributed by atoms with van der Waals surface area (Å²) in [6.07, 6.45) is 1.89. The lowest BCUT2D eigenvalue weighted by atomic mass is 10.0. The van der Waals surface area contributed by atoms with Gasteiger partial charge in [0.15, 0.2) is 0 Å². The summed E-state index contributed by atoms with van der Waals surface area (Å²) in [4.78, 5) is 22.1. The van der Waals surface area contributed by atoms with E-state index in [9.17, 15) is 9.59 Å². The maximum Gasteiger partial charge on any atom is 0.345 e. The second kappa shape index (κ2) is 7.24. The summed E-state index contributed by atoms with van der Waals surface area (Å²) in [6, 6.07) is 0. The van der Waals surface area contributed by atoms with Crippen LogP contribution in [0.15, 0.2) is 5.57 Å². The first kappa shape index (κ1) is 13.9. The number of hydrogen-bond acceptors (Lipinski definition) is 3. The van der Waals surface area contributed by atoms with Crippen molar-refractivity contribution in [2.75, 3.05) is 0 Å². The minimum absolute atomic E-state index is 0.0898. The molecule has 0 aromatic rings. The lowest BCUT2D eigenvalue weighted by Crippen LogP contribution is -2.19. The predicted octanol–water partition coefficient (Wildman–Crippen LogP) is 2.52. The van der Waals surface area contributed by atoms with Crippen molar-refractivity contribution in [3.05, 3.63) is 5.57 Å². The van der Waals surface area contributed by atoms with E-state index in [1.165, 1.54) is 0 Å². The molecular formula is C12H20O3. The van der Waals surface area contributed by atoms with Gasteiger partial charge in [0.05, 0.1) is 0 Å². The Morgan fingerprint density at radius 2 is 1.80 bits per heavy atom. The van der Waals surface area contributed by atoms with Crippen LogP contribution in [0.3, 0.4) is 0 Å². The third-order valence-electron chi connectivity index (χ3n) is 2.17. The normalized spacial score (nSPS) is 10.3. The van der Waals surface area contributed by atoms with Gasteiger partial charge in [-0.05, 0) is 25.2 Å². The van der Waals surface area contributed by atoms with Crippen molar-refractivity contribution in [3.63, 3.8) is 0 Å². The molecule has 0 N–H and O–H groups in total. The van der Waals surface area contributed by atoms with Crippen LogP contribution in [0.1, 0.15) is 47.0 Å². The lowest BCUT2D eigenvalue weighted by molar-refractivity contribution is -0.144. The van der Waals surface area contributed by atoms with Gasteiger partial charge >= 0.3 is 5.97 Å². The summed E-state index contributed by atoms with van der Waals surface area (Å²) in [5, 5.41) is 0. The molecule has 0 amide bonds. The van der Waals surface area contributed by atoms with Crippen LogP contribution in [0.2, 0.25) is 0 Å². The van der Waals surface area contributed by atoms with E-state index in [0.29, 0.717) is 6.42 Å². The molecule has 15 heavy (non-hydrogen) atoms. The lowest BCUT2D eigenvalue weighted by Gasteiger charge is -2.14. The van der Waals surface area contributed by atoms with Gasteiger partial charge in [0.25, 0.3) is 0 Å². The van der Waals surface area contributed by atoms with Crippen molar-refractivity contribution in [2.24, 2.45) is 5.92 Å². The standard InChI is InChI=1S/C12H20O3/c1-5-11(6-2)15-12(14)10(8-13)7-9(3)4/h9,11H,5-7H2,1-4H3. The Morgan fingerprint density at radius 3 is 2.13 bits per heavy atom. The third kappa shape index (κ3) is 5.38. The maximum atomic E-state index is 11.5. The Labute approximate surface area is 91.5 Å². The molecule has 0 aliphatic rings. The fourth-order valence-corrected chi connectivity index (χ4v) is 1.25. The monoisotopic (exact) mass is 212 g/mol. The van der Waals surface area contributed by atoms with Gasteiger partial charge in [0.2, 0.25) is 0 Å². The average Bonchev–Trinajstić information content (AvgIpc) is 2.21. The SMILES string of the molecule is CCC(CC)OC(=O)C(=C=O)CC(C)C. The number of carbonyl (C=O) groups excluding carboxylic acids is 2. The van der Waals surface area contributed by atoms with Crippen LogP contribution in [-0.2, 0) is 14.3 Å². The zero-order valence-electron chi connectivity index (χ0n) is 10.0. The quantitative estimate of drug-likeness (QED) is 0.386. The van der Waals surface area contributed by atoms with E-state index in [1.807, 2.05) is 27.7 Å². The van der Waals surface area contributed by atoms with Crippen molar-refractivity contribution in [3.8, 4) is 0 Å². The summed E-state index contributed by atoms with van der Waals surface area (Å²) in [6.45, 7) is 7.80. The van der Waals surface area contributed by atoms with Crippen LogP contribution in [-0.4, -0.2) is 18.0 Å². The van der Waals surface area contributed by atoms with Crippen molar-refractivity contribution in [1.29, 1.82) is 0 Å². The van der Waals surface area contributed by atoms with Crippen molar-refractivity contribution >= 4 is 11.9 Å². The van der Waals surface area contributed by atoms with Gasteiger partial charge in [-0.15, -0.1) is 0 Å². The van der Waals surface area contributed by atoms with Gasteiger partial charge in [-0.25, -0.2) is 9.59 Å². The van der Waals surface area contributed by atoms with E-state index in [1.54, 1.807) is 5.94 Å². The minimum atomic E-state index is -0.507. The summed E-state index contributed by atoms with van der Waals surface area (Å²) in [5.74, 6) is 1.43. The van der Waals surface area contributed by atoms with E-state index < -0.39 is 5.97 Å². The van der Waals surface area contributed by atoms with Crippen LogP contribution in [0, 0.1) is 5.92 Å². The average molecular weight is 212 g/mol. The Hall–Kier alpha value is -1.08. The first-order valence-electron chi connectivity index (χ1n) is 5.50. The number of carbonyl (C=O) groups is 1. The van der Waals surface area contributed by atoms with Gasteiger partial charge in [-0.1, -0.05) is 27.7 Å². The fourth-order valence-electron chi connectivity index (χ4n) is 1.25. The zero-order chi connectivity index (χ0) is 11.8. The molecule has 0 aliphatic heterocycles. The maximum absolute atomic E-state index is 11.5. The molecule has 0 saturated carbocycles. The second-order valence-corrected chi connectivity index (χ2v) is 4.02. The van der Waals surface area contributed by atoms with Gasteiger partial charge in [-0.3, -0.25) is 0 Å². The predicted molar refractivity (Wildman–Crippen MR) is 59.1 cm³/mol. The molecule has 0 aromatic carbocycles. The van der Waals surface area contributed by atoms with Crippen LogP contribution in [0.4, 0.5) is 0 Å². The summed E-state index contributed by atoms with van der Waals surface area (Å²) >= 11 is 0. The molecular weight excluding hydrogens is 192 g/mol. The van der Waals surface area contributed by atoms with Gasteiger partial charge in [0, 0.05) is 0 Å².